The van der Waals surface area contributed by atoms with Gasteiger partial charge in [0, 0.05) is 6.54 Å². The van der Waals surface area contributed by atoms with Crippen LogP contribution in [0.3, 0.4) is 0 Å². The maximum atomic E-state index is 12.1. The van der Waals surface area contributed by atoms with Crippen molar-refractivity contribution in [2.24, 2.45) is 0 Å². The molecule has 0 spiro atoms. The molecular weight excluding hydrogens is 314 g/mol. The third-order valence-corrected chi connectivity index (χ3v) is 3.08. The summed E-state index contributed by atoms with van der Waals surface area (Å²) < 4.78 is 28.4. The van der Waals surface area contributed by atoms with E-state index in [1.165, 1.54) is 30.3 Å². The van der Waals surface area contributed by atoms with Crippen LogP contribution >= 0.6 is 0 Å². The van der Waals surface area contributed by atoms with E-state index in [1.807, 2.05) is 36.4 Å². The number of hydrogen-bond donors (Lipinski definition) is 1. The van der Waals surface area contributed by atoms with Crippen molar-refractivity contribution in [1.82, 2.24) is 5.32 Å². The number of ether oxygens (including phenoxy) is 1. The van der Waals surface area contributed by atoms with Crippen LogP contribution < -0.4 is 10.1 Å². The third-order valence-electron chi connectivity index (χ3n) is 3.08. The van der Waals surface area contributed by atoms with Crippen LogP contribution in [-0.4, -0.2) is 12.5 Å². The fourth-order valence-corrected chi connectivity index (χ4v) is 1.93. The van der Waals surface area contributed by atoms with Crippen LogP contribution in [0.25, 0.3) is 6.08 Å². The number of hydrogen-bond acceptors (Lipinski definition) is 3. The lowest BCUT2D eigenvalue weighted by Crippen LogP contribution is -2.23. The molecule has 0 heterocycles. The van der Waals surface area contributed by atoms with Gasteiger partial charge in [0.1, 0.15) is 17.4 Å². The average molecular weight is 328 g/mol. The molecule has 0 aliphatic heterocycles. The van der Waals surface area contributed by atoms with E-state index in [2.05, 4.69) is 10.1 Å². The zero-order chi connectivity index (χ0) is 17.4. The van der Waals surface area contributed by atoms with Crippen molar-refractivity contribution in [3.8, 4) is 11.8 Å². The monoisotopic (exact) mass is 328 g/mol. The first-order chi connectivity index (χ1) is 11.6. The summed E-state index contributed by atoms with van der Waals surface area (Å²) in [6.07, 6.45) is 1.38. The highest BCUT2D eigenvalue weighted by Crippen LogP contribution is 2.16. The van der Waals surface area contributed by atoms with Crippen LogP contribution in [0, 0.1) is 11.3 Å². The number of amides is 1. The van der Waals surface area contributed by atoms with Crippen molar-refractivity contribution in [2.45, 2.75) is 13.2 Å². The third kappa shape index (κ3) is 5.21. The van der Waals surface area contributed by atoms with Crippen molar-refractivity contribution in [3.05, 3.63) is 71.3 Å². The molecule has 0 bridgehead atoms. The normalized spacial score (nSPS) is 11.0. The van der Waals surface area contributed by atoms with Crippen LogP contribution in [0.5, 0.6) is 5.75 Å². The fraction of sp³-hybridized carbons (Fsp3) is 0.111. The van der Waals surface area contributed by atoms with Crippen molar-refractivity contribution >= 4 is 12.0 Å². The van der Waals surface area contributed by atoms with Gasteiger partial charge in [-0.3, -0.25) is 4.79 Å². The van der Waals surface area contributed by atoms with E-state index in [4.69, 9.17) is 5.26 Å². The summed E-state index contributed by atoms with van der Waals surface area (Å²) in [5.41, 5.74) is 1.37. The van der Waals surface area contributed by atoms with Gasteiger partial charge in [0.05, 0.1) is 0 Å². The highest BCUT2D eigenvalue weighted by Gasteiger charge is 2.09. The summed E-state index contributed by atoms with van der Waals surface area (Å²) in [6, 6.07) is 16.8. The molecule has 2 aromatic carbocycles. The van der Waals surface area contributed by atoms with Gasteiger partial charge in [-0.2, -0.15) is 14.0 Å². The Hall–Kier alpha value is -3.20. The Bertz CT molecular complexity index is 751. The summed E-state index contributed by atoms with van der Waals surface area (Å²) in [5, 5.41) is 11.8. The Balaban J connectivity index is 2.02. The second-order valence-corrected chi connectivity index (χ2v) is 4.79. The highest BCUT2D eigenvalue weighted by molar-refractivity contribution is 6.01. The first kappa shape index (κ1) is 17.2. The Morgan fingerprint density at radius 2 is 1.83 bits per heavy atom. The van der Waals surface area contributed by atoms with Crippen molar-refractivity contribution in [3.63, 3.8) is 0 Å². The molecule has 0 atom stereocenters. The maximum Gasteiger partial charge on any atom is 0.387 e. The molecule has 0 saturated carbocycles. The van der Waals surface area contributed by atoms with Gasteiger partial charge < -0.3 is 10.1 Å². The van der Waals surface area contributed by atoms with Gasteiger partial charge in [-0.05, 0) is 29.3 Å². The van der Waals surface area contributed by atoms with Crippen LogP contribution in [-0.2, 0) is 11.3 Å². The number of nitrogens with one attached hydrogen (secondary N) is 1. The lowest BCUT2D eigenvalue weighted by Gasteiger charge is -2.05. The number of benzene rings is 2. The summed E-state index contributed by atoms with van der Waals surface area (Å²) >= 11 is 0. The molecule has 6 heteroatoms. The Morgan fingerprint density at radius 1 is 1.17 bits per heavy atom. The summed E-state index contributed by atoms with van der Waals surface area (Å²) in [7, 11) is 0. The van der Waals surface area contributed by atoms with E-state index in [9.17, 15) is 13.6 Å². The Morgan fingerprint density at radius 3 is 2.42 bits per heavy atom. The second-order valence-electron chi connectivity index (χ2n) is 4.79. The average Bonchev–Trinajstić information content (AvgIpc) is 2.59. The van der Waals surface area contributed by atoms with E-state index >= 15 is 0 Å². The van der Waals surface area contributed by atoms with Gasteiger partial charge in [0.15, 0.2) is 0 Å². The van der Waals surface area contributed by atoms with Gasteiger partial charge in [-0.25, -0.2) is 0 Å². The quantitative estimate of drug-likeness (QED) is 0.652. The number of rotatable bonds is 6. The van der Waals surface area contributed by atoms with Crippen LogP contribution in [0.15, 0.2) is 60.2 Å². The molecule has 0 aliphatic carbocycles. The van der Waals surface area contributed by atoms with E-state index in [1.54, 1.807) is 0 Å². The second kappa shape index (κ2) is 8.44. The number of nitriles is 1. The first-order valence-corrected chi connectivity index (χ1v) is 7.07. The molecule has 0 aromatic heterocycles. The van der Waals surface area contributed by atoms with Crippen molar-refractivity contribution < 1.29 is 18.3 Å². The zero-order valence-electron chi connectivity index (χ0n) is 12.6. The van der Waals surface area contributed by atoms with E-state index in [0.29, 0.717) is 12.1 Å². The number of nitrogens with zero attached hydrogens (tertiary/aromatic N) is 1. The predicted octanol–water partition coefficient (Wildman–Crippen LogP) is 3.51. The van der Waals surface area contributed by atoms with Gasteiger partial charge in [-0.1, -0.05) is 42.5 Å². The number of alkyl halides is 2. The number of carbonyl (C=O) groups is 1. The molecule has 24 heavy (non-hydrogen) atoms. The van der Waals surface area contributed by atoms with Crippen molar-refractivity contribution in [2.75, 3.05) is 0 Å². The molecule has 0 radical (unpaired) electrons. The van der Waals surface area contributed by atoms with Gasteiger partial charge in [-0.15, -0.1) is 0 Å². The topological polar surface area (TPSA) is 62.1 Å². The molecule has 0 saturated heterocycles. The van der Waals surface area contributed by atoms with E-state index < -0.39 is 12.5 Å². The predicted molar refractivity (Wildman–Crippen MR) is 85.0 cm³/mol. The minimum Gasteiger partial charge on any atom is -0.435 e. The molecule has 0 aliphatic rings. The van der Waals surface area contributed by atoms with Crippen molar-refractivity contribution in [1.29, 1.82) is 5.26 Å². The Labute approximate surface area is 138 Å². The molecule has 0 fully saturated rings. The van der Waals surface area contributed by atoms with E-state index in [-0.39, 0.29) is 11.3 Å². The summed E-state index contributed by atoms with van der Waals surface area (Å²) in [4.78, 5) is 12.0. The largest absolute Gasteiger partial charge is 0.435 e. The maximum absolute atomic E-state index is 12.1. The highest BCUT2D eigenvalue weighted by atomic mass is 19.3. The van der Waals surface area contributed by atoms with Crippen LogP contribution in [0.1, 0.15) is 11.1 Å². The fourth-order valence-electron chi connectivity index (χ4n) is 1.93. The SMILES string of the molecule is N#C/C(=C\c1ccc(OC(F)F)cc1)C(=O)NCc1ccccc1. The minimum absolute atomic E-state index is 0.00851. The molecule has 1 amide bonds. The lowest BCUT2D eigenvalue weighted by molar-refractivity contribution is -0.117. The molecule has 122 valence electrons. The van der Waals surface area contributed by atoms with E-state index in [0.717, 1.165) is 5.56 Å². The molecule has 2 aromatic rings. The molecule has 4 nitrogen and oxygen atoms in total. The Kier molecular flexibility index (Phi) is 6.03. The van der Waals surface area contributed by atoms with Gasteiger partial charge >= 0.3 is 6.61 Å². The zero-order valence-corrected chi connectivity index (χ0v) is 12.6. The smallest absolute Gasteiger partial charge is 0.387 e. The molecule has 0 unspecified atom stereocenters. The number of halogens is 2. The first-order valence-electron chi connectivity index (χ1n) is 7.07. The summed E-state index contributed by atoms with van der Waals surface area (Å²) in [6.45, 7) is -2.59. The van der Waals surface area contributed by atoms with Gasteiger partial charge in [0.2, 0.25) is 0 Å². The van der Waals surface area contributed by atoms with Crippen LogP contribution in [0.2, 0.25) is 0 Å². The van der Waals surface area contributed by atoms with Crippen LogP contribution in [0.4, 0.5) is 8.78 Å². The molecule has 1 N–H and O–H groups in total. The standard InChI is InChI=1S/C18H14F2N2O2/c19-18(20)24-16-8-6-13(7-9-16)10-15(11-21)17(23)22-12-14-4-2-1-3-5-14/h1-10,18H,12H2,(H,22,23)/b15-10+. The summed E-state index contributed by atoms with van der Waals surface area (Å²) in [5.74, 6) is -0.497. The molecule has 2 rings (SSSR count). The lowest BCUT2D eigenvalue weighted by atomic mass is 10.1. The van der Waals surface area contributed by atoms with Gasteiger partial charge in [0.25, 0.3) is 5.91 Å². The molecular formula is C18H14F2N2O2. The number of carbonyl (C=O) groups excluding carboxylic acids is 1. The minimum atomic E-state index is -2.90.